The van der Waals surface area contributed by atoms with Crippen LogP contribution in [0.2, 0.25) is 0 Å². The fraction of sp³-hybridized carbons (Fsp3) is 0.267. The van der Waals surface area contributed by atoms with Crippen LogP contribution in [0.25, 0.3) is 11.1 Å². The SMILES string of the molecule is N#CC1(NC(=O)n2cc(-c3ccnc4c3CC(=O)N4)cn2)CC1. The Morgan fingerprint density at radius 1 is 1.48 bits per heavy atom. The summed E-state index contributed by atoms with van der Waals surface area (Å²) in [6, 6.07) is 3.46. The van der Waals surface area contributed by atoms with Gasteiger partial charge in [0.2, 0.25) is 5.91 Å². The molecule has 0 unspecified atom stereocenters. The van der Waals surface area contributed by atoms with E-state index in [4.69, 9.17) is 5.26 Å². The largest absolute Gasteiger partial charge is 0.343 e. The molecule has 4 rings (SSSR count). The number of aromatic nitrogens is 3. The Morgan fingerprint density at radius 2 is 2.30 bits per heavy atom. The number of nitrogens with zero attached hydrogens (tertiary/aromatic N) is 4. The minimum Gasteiger partial charge on any atom is -0.318 e. The van der Waals surface area contributed by atoms with Crippen molar-refractivity contribution in [2.24, 2.45) is 0 Å². The maximum Gasteiger partial charge on any atom is 0.343 e. The fourth-order valence-corrected chi connectivity index (χ4v) is 2.61. The normalized spacial score (nSPS) is 17.1. The van der Waals surface area contributed by atoms with Crippen molar-refractivity contribution >= 4 is 17.8 Å². The van der Waals surface area contributed by atoms with Crippen LogP contribution in [-0.4, -0.2) is 32.2 Å². The van der Waals surface area contributed by atoms with Gasteiger partial charge in [0.1, 0.15) is 11.4 Å². The highest BCUT2D eigenvalue weighted by molar-refractivity contribution is 6.00. The van der Waals surface area contributed by atoms with Gasteiger partial charge in [0.25, 0.3) is 0 Å². The van der Waals surface area contributed by atoms with Crippen LogP contribution in [-0.2, 0) is 11.2 Å². The quantitative estimate of drug-likeness (QED) is 0.861. The van der Waals surface area contributed by atoms with E-state index in [0.29, 0.717) is 18.7 Å². The van der Waals surface area contributed by atoms with E-state index in [9.17, 15) is 9.59 Å². The summed E-state index contributed by atoms with van der Waals surface area (Å²) in [6.45, 7) is 0. The van der Waals surface area contributed by atoms with Crippen LogP contribution in [0.3, 0.4) is 0 Å². The van der Waals surface area contributed by atoms with Gasteiger partial charge < -0.3 is 10.6 Å². The van der Waals surface area contributed by atoms with Crippen molar-refractivity contribution in [1.29, 1.82) is 5.26 Å². The number of amides is 2. The van der Waals surface area contributed by atoms with E-state index in [1.807, 2.05) is 0 Å². The Bertz CT molecular complexity index is 874. The van der Waals surface area contributed by atoms with E-state index in [2.05, 4.69) is 26.8 Å². The Labute approximate surface area is 131 Å². The van der Waals surface area contributed by atoms with E-state index in [1.165, 1.54) is 4.68 Å². The third-order valence-electron chi connectivity index (χ3n) is 4.06. The first kappa shape index (κ1) is 13.5. The van der Waals surface area contributed by atoms with E-state index in [-0.39, 0.29) is 12.3 Å². The molecule has 8 heteroatoms. The van der Waals surface area contributed by atoms with E-state index < -0.39 is 11.6 Å². The highest BCUT2D eigenvalue weighted by atomic mass is 16.2. The number of hydrogen-bond acceptors (Lipinski definition) is 5. The minimum atomic E-state index is -0.739. The third-order valence-corrected chi connectivity index (χ3v) is 4.06. The van der Waals surface area contributed by atoms with Crippen molar-refractivity contribution < 1.29 is 9.59 Å². The van der Waals surface area contributed by atoms with Gasteiger partial charge in [0.05, 0.1) is 18.7 Å². The third kappa shape index (κ3) is 2.23. The topological polar surface area (TPSA) is 113 Å². The molecule has 1 fully saturated rings. The van der Waals surface area contributed by atoms with Crippen LogP contribution >= 0.6 is 0 Å². The molecule has 2 aromatic heterocycles. The van der Waals surface area contributed by atoms with Gasteiger partial charge in [-0.2, -0.15) is 15.0 Å². The Morgan fingerprint density at radius 3 is 3.04 bits per heavy atom. The summed E-state index contributed by atoms with van der Waals surface area (Å²) in [7, 11) is 0. The molecule has 0 atom stereocenters. The lowest BCUT2D eigenvalue weighted by atomic mass is 10.0. The minimum absolute atomic E-state index is 0.102. The molecule has 2 amide bonds. The smallest absolute Gasteiger partial charge is 0.318 e. The molecule has 1 aliphatic heterocycles. The molecule has 114 valence electrons. The predicted octanol–water partition coefficient (Wildman–Crippen LogP) is 1.05. The zero-order chi connectivity index (χ0) is 16.0. The maximum absolute atomic E-state index is 12.1. The van der Waals surface area contributed by atoms with Gasteiger partial charge in [-0.3, -0.25) is 4.79 Å². The highest BCUT2D eigenvalue weighted by Gasteiger charge is 2.45. The van der Waals surface area contributed by atoms with Gasteiger partial charge in [-0.15, -0.1) is 0 Å². The van der Waals surface area contributed by atoms with Crippen molar-refractivity contribution in [2.75, 3.05) is 5.32 Å². The Balaban J connectivity index is 1.62. The summed E-state index contributed by atoms with van der Waals surface area (Å²) in [4.78, 5) is 27.8. The number of pyridine rings is 1. The average Bonchev–Trinajstić information content (AvgIpc) is 2.97. The summed E-state index contributed by atoms with van der Waals surface area (Å²) in [5.41, 5.74) is 1.59. The number of hydrogen-bond donors (Lipinski definition) is 2. The van der Waals surface area contributed by atoms with E-state index >= 15 is 0 Å². The zero-order valence-corrected chi connectivity index (χ0v) is 12.0. The van der Waals surface area contributed by atoms with E-state index in [1.54, 1.807) is 24.7 Å². The van der Waals surface area contributed by atoms with Gasteiger partial charge in [-0.1, -0.05) is 0 Å². The van der Waals surface area contributed by atoms with Gasteiger partial charge in [-0.25, -0.2) is 9.78 Å². The van der Waals surface area contributed by atoms with Gasteiger partial charge in [0.15, 0.2) is 0 Å². The van der Waals surface area contributed by atoms with Crippen LogP contribution < -0.4 is 10.6 Å². The number of rotatable bonds is 2. The van der Waals surface area contributed by atoms with Gasteiger partial charge in [-0.05, 0) is 24.5 Å². The Kier molecular flexibility index (Phi) is 2.72. The first-order valence-corrected chi connectivity index (χ1v) is 7.17. The molecule has 23 heavy (non-hydrogen) atoms. The van der Waals surface area contributed by atoms with Crippen LogP contribution in [0, 0.1) is 11.3 Å². The van der Waals surface area contributed by atoms with Crippen LogP contribution in [0.5, 0.6) is 0 Å². The second-order valence-corrected chi connectivity index (χ2v) is 5.71. The van der Waals surface area contributed by atoms with Crippen LogP contribution in [0.1, 0.15) is 18.4 Å². The molecule has 2 aliphatic rings. The monoisotopic (exact) mass is 308 g/mol. The molecule has 1 saturated carbocycles. The molecular weight excluding hydrogens is 296 g/mol. The molecule has 3 heterocycles. The summed E-state index contributed by atoms with van der Waals surface area (Å²) in [5, 5.41) is 18.4. The molecular formula is C15H12N6O2. The lowest BCUT2D eigenvalue weighted by molar-refractivity contribution is -0.115. The molecule has 0 aromatic carbocycles. The van der Waals surface area contributed by atoms with Crippen molar-refractivity contribution in [1.82, 2.24) is 20.1 Å². The lowest BCUT2D eigenvalue weighted by Gasteiger charge is -2.08. The second-order valence-electron chi connectivity index (χ2n) is 5.71. The number of carbonyl (C=O) groups excluding carboxylic acids is 2. The Hall–Kier alpha value is -3.21. The average molecular weight is 308 g/mol. The van der Waals surface area contributed by atoms with Crippen molar-refractivity contribution in [3.63, 3.8) is 0 Å². The zero-order valence-electron chi connectivity index (χ0n) is 12.0. The summed E-state index contributed by atoms with van der Waals surface area (Å²) < 4.78 is 1.17. The molecule has 0 radical (unpaired) electrons. The van der Waals surface area contributed by atoms with Gasteiger partial charge in [0, 0.05) is 23.5 Å². The molecule has 0 saturated heterocycles. The number of nitrogens with one attached hydrogen (secondary N) is 2. The fourth-order valence-electron chi connectivity index (χ4n) is 2.61. The van der Waals surface area contributed by atoms with Crippen LogP contribution in [0.15, 0.2) is 24.7 Å². The number of fused-ring (bicyclic) bond motifs is 1. The van der Waals surface area contributed by atoms with E-state index in [0.717, 1.165) is 16.7 Å². The number of nitriles is 1. The standard InChI is InChI=1S/C15H12N6O2/c16-8-15(2-3-15)20-14(23)21-7-9(6-18-21)10-1-4-17-13-11(10)5-12(22)19-13/h1,4,6-7H,2-3,5H2,(H,20,23)(H,17,19,22). The highest BCUT2D eigenvalue weighted by Crippen LogP contribution is 2.34. The van der Waals surface area contributed by atoms with Gasteiger partial charge >= 0.3 is 6.03 Å². The summed E-state index contributed by atoms with van der Waals surface area (Å²) >= 11 is 0. The van der Waals surface area contributed by atoms with Crippen molar-refractivity contribution in [2.45, 2.75) is 24.8 Å². The second kappa shape index (κ2) is 4.64. The number of carbonyl (C=O) groups is 2. The van der Waals surface area contributed by atoms with Crippen LogP contribution in [0.4, 0.5) is 10.6 Å². The predicted molar refractivity (Wildman–Crippen MR) is 79.3 cm³/mol. The summed E-state index contributed by atoms with van der Waals surface area (Å²) in [5.74, 6) is 0.445. The van der Waals surface area contributed by atoms with Crippen molar-refractivity contribution in [3.8, 4) is 17.2 Å². The molecule has 0 spiro atoms. The molecule has 2 aromatic rings. The molecule has 0 bridgehead atoms. The number of anilines is 1. The molecule has 8 nitrogen and oxygen atoms in total. The van der Waals surface area contributed by atoms with Crippen molar-refractivity contribution in [3.05, 3.63) is 30.2 Å². The first-order valence-electron chi connectivity index (χ1n) is 7.17. The molecule has 1 aliphatic carbocycles. The lowest BCUT2D eigenvalue weighted by Crippen LogP contribution is -2.38. The maximum atomic E-state index is 12.1. The molecule has 2 N–H and O–H groups in total. The first-order chi connectivity index (χ1) is 11.1. The summed E-state index contributed by atoms with van der Waals surface area (Å²) in [6.07, 6.45) is 6.33.